The summed E-state index contributed by atoms with van der Waals surface area (Å²) >= 11 is 0. The molecular formula is C17H21N3O4Ru. The Morgan fingerprint density at radius 1 is 0.960 bits per heavy atom. The van der Waals surface area contributed by atoms with Gasteiger partial charge < -0.3 is 19.8 Å². The smallest absolute Gasteiger partial charge is 0.227 e. The molecule has 3 fully saturated rings. The molecule has 3 heterocycles. The van der Waals surface area contributed by atoms with Gasteiger partial charge in [0.1, 0.15) is 11.4 Å². The van der Waals surface area contributed by atoms with Crippen LogP contribution < -0.4 is 0 Å². The number of aliphatic hydroxyl groups excluding tert-OH is 1. The predicted octanol–water partition coefficient (Wildman–Crippen LogP) is 0.215. The van der Waals surface area contributed by atoms with Gasteiger partial charge in [0.2, 0.25) is 11.6 Å². The topological polar surface area (TPSA) is 80.5 Å². The maximum absolute atomic E-state index is 12.4. The molecule has 25 heavy (non-hydrogen) atoms. The first-order valence-corrected chi connectivity index (χ1v) is 8.06. The van der Waals surface area contributed by atoms with Crippen molar-refractivity contribution in [3.63, 3.8) is 0 Å². The van der Waals surface area contributed by atoms with E-state index in [0.717, 1.165) is 39.3 Å². The standard InChI is InChI=1S/C12H13N3O2.C5H8O2.Ru/c16-9-7-8(13-1-2-13)12(17)11(15-5-6-15)10(9)14-3-4-14;1-4(6)3-5(2)7;/h7H,1-6H2;3,6H,1-2H3;/b;4-3-;. The first-order valence-electron chi connectivity index (χ1n) is 8.06. The molecule has 8 heteroatoms. The van der Waals surface area contributed by atoms with Gasteiger partial charge in [0.15, 0.2) is 5.78 Å². The van der Waals surface area contributed by atoms with Crippen LogP contribution in [-0.2, 0) is 33.9 Å². The molecule has 0 atom stereocenters. The van der Waals surface area contributed by atoms with Crippen molar-refractivity contribution in [1.82, 2.24) is 14.7 Å². The second-order valence-electron chi connectivity index (χ2n) is 6.28. The molecular weight excluding hydrogens is 411 g/mol. The average Bonchev–Trinajstić information content (AvgIpc) is 3.36. The third kappa shape index (κ3) is 4.78. The second kappa shape index (κ2) is 7.52. The fraction of sp³-hybridized carbons (Fsp3) is 0.471. The van der Waals surface area contributed by atoms with Crippen LogP contribution in [0.15, 0.2) is 35.0 Å². The quantitative estimate of drug-likeness (QED) is 0.224. The van der Waals surface area contributed by atoms with Crippen LogP contribution >= 0.6 is 0 Å². The molecule has 1 N–H and O–H groups in total. The Bertz CT molecular complexity index is 695. The Labute approximate surface area is 159 Å². The van der Waals surface area contributed by atoms with Crippen LogP contribution in [-0.4, -0.2) is 76.4 Å². The number of hydrogen-bond donors (Lipinski definition) is 1. The van der Waals surface area contributed by atoms with Crippen LogP contribution in [0.2, 0.25) is 0 Å². The van der Waals surface area contributed by atoms with Gasteiger partial charge in [-0.25, -0.2) is 0 Å². The van der Waals surface area contributed by atoms with E-state index in [9.17, 15) is 14.4 Å². The number of nitrogens with zero attached hydrogens (tertiary/aromatic N) is 3. The molecule has 7 nitrogen and oxygen atoms in total. The zero-order valence-electron chi connectivity index (χ0n) is 14.3. The minimum absolute atomic E-state index is 0. The number of hydrogen-bond acceptors (Lipinski definition) is 7. The first-order chi connectivity index (χ1) is 11.4. The van der Waals surface area contributed by atoms with Crippen molar-refractivity contribution in [3.05, 3.63) is 35.0 Å². The van der Waals surface area contributed by atoms with Gasteiger partial charge in [-0.05, 0) is 13.8 Å². The summed E-state index contributed by atoms with van der Waals surface area (Å²) in [5.41, 5.74) is 1.89. The third-order valence-electron chi connectivity index (χ3n) is 3.90. The molecule has 0 unspecified atom stereocenters. The zero-order chi connectivity index (χ0) is 17.4. The molecule has 1 aliphatic carbocycles. The molecule has 4 aliphatic rings. The Morgan fingerprint density at radius 2 is 1.44 bits per heavy atom. The molecule has 0 radical (unpaired) electrons. The monoisotopic (exact) mass is 433 g/mol. The maximum Gasteiger partial charge on any atom is 0.227 e. The van der Waals surface area contributed by atoms with Gasteiger partial charge in [0, 0.05) is 70.9 Å². The summed E-state index contributed by atoms with van der Waals surface area (Å²) in [5, 5.41) is 8.36. The summed E-state index contributed by atoms with van der Waals surface area (Å²) in [6.07, 6.45) is 2.69. The van der Waals surface area contributed by atoms with Gasteiger partial charge in [-0.3, -0.25) is 14.4 Å². The van der Waals surface area contributed by atoms with E-state index in [1.54, 1.807) is 0 Å². The SMILES string of the molecule is CC(=O)/C=C(/C)O.O=C1C=C(N2CC2)C(=O)C(N2CC2)=C1N1CC1.[Ru]. The van der Waals surface area contributed by atoms with Gasteiger partial charge in [0.05, 0.1) is 11.5 Å². The summed E-state index contributed by atoms with van der Waals surface area (Å²) in [6, 6.07) is 0. The number of carbonyl (C=O) groups is 3. The van der Waals surface area contributed by atoms with Crippen molar-refractivity contribution in [1.29, 1.82) is 0 Å². The van der Waals surface area contributed by atoms with Crippen LogP contribution in [0.3, 0.4) is 0 Å². The van der Waals surface area contributed by atoms with E-state index in [1.165, 1.54) is 26.0 Å². The van der Waals surface area contributed by atoms with Crippen molar-refractivity contribution in [2.45, 2.75) is 13.8 Å². The Balaban J connectivity index is 0.000000246. The molecule has 0 aromatic rings. The van der Waals surface area contributed by atoms with E-state index in [-0.39, 0.29) is 42.6 Å². The van der Waals surface area contributed by atoms with Crippen LogP contribution in [0.25, 0.3) is 0 Å². The van der Waals surface area contributed by atoms with E-state index in [0.29, 0.717) is 17.1 Å². The van der Waals surface area contributed by atoms with E-state index in [1.807, 2.05) is 14.7 Å². The number of allylic oxidation sites excluding steroid dienone is 3. The molecule has 0 spiro atoms. The predicted molar refractivity (Wildman–Crippen MR) is 86.9 cm³/mol. The maximum atomic E-state index is 12.4. The molecule has 3 saturated heterocycles. The van der Waals surface area contributed by atoms with Crippen molar-refractivity contribution in [3.8, 4) is 0 Å². The summed E-state index contributed by atoms with van der Waals surface area (Å²) in [6.45, 7) is 8.25. The molecule has 3 aliphatic heterocycles. The molecule has 0 bridgehead atoms. The van der Waals surface area contributed by atoms with Crippen LogP contribution in [0.5, 0.6) is 0 Å². The Kier molecular flexibility index (Phi) is 5.83. The third-order valence-corrected chi connectivity index (χ3v) is 3.90. The van der Waals surface area contributed by atoms with Crippen LogP contribution in [0.4, 0.5) is 0 Å². The summed E-state index contributed by atoms with van der Waals surface area (Å²) in [7, 11) is 0. The first kappa shape index (κ1) is 19.4. The van der Waals surface area contributed by atoms with E-state index in [4.69, 9.17) is 5.11 Å². The minimum atomic E-state index is -0.125. The van der Waals surface area contributed by atoms with Crippen LogP contribution in [0.1, 0.15) is 13.8 Å². The summed E-state index contributed by atoms with van der Waals surface area (Å²) in [4.78, 5) is 40.5. The van der Waals surface area contributed by atoms with Crippen LogP contribution in [0, 0.1) is 0 Å². The summed E-state index contributed by atoms with van der Waals surface area (Å²) in [5.74, 6) is -0.0140. The molecule has 136 valence electrons. The van der Waals surface area contributed by atoms with E-state index < -0.39 is 0 Å². The van der Waals surface area contributed by atoms with Crippen molar-refractivity contribution >= 4 is 17.3 Å². The number of rotatable bonds is 4. The van der Waals surface area contributed by atoms with Gasteiger partial charge in [0.25, 0.3) is 0 Å². The largest absolute Gasteiger partial charge is 0.512 e. The molecule has 0 aromatic heterocycles. The Hall–Kier alpha value is -1.95. The minimum Gasteiger partial charge on any atom is -0.512 e. The van der Waals surface area contributed by atoms with Gasteiger partial charge in [-0.1, -0.05) is 0 Å². The molecule has 0 amide bonds. The average molecular weight is 432 g/mol. The van der Waals surface area contributed by atoms with E-state index >= 15 is 0 Å². The van der Waals surface area contributed by atoms with Crippen molar-refractivity contribution in [2.24, 2.45) is 0 Å². The second-order valence-corrected chi connectivity index (χ2v) is 6.28. The normalized spacial score (nSPS) is 21.3. The fourth-order valence-electron chi connectivity index (χ4n) is 2.57. The van der Waals surface area contributed by atoms with Crippen molar-refractivity contribution < 1.29 is 39.0 Å². The number of Topliss-reactive ketones (excluding diaryl/α,β-unsaturated/α-hetero) is 1. The fourth-order valence-corrected chi connectivity index (χ4v) is 2.57. The van der Waals surface area contributed by atoms with Gasteiger partial charge in [-0.15, -0.1) is 0 Å². The van der Waals surface area contributed by atoms with Gasteiger partial charge >= 0.3 is 0 Å². The number of carbonyl (C=O) groups excluding carboxylic acids is 3. The Morgan fingerprint density at radius 3 is 1.80 bits per heavy atom. The molecule has 4 rings (SSSR count). The summed E-state index contributed by atoms with van der Waals surface area (Å²) < 4.78 is 0. The number of aliphatic hydroxyl groups is 1. The zero-order valence-corrected chi connectivity index (χ0v) is 16.0. The number of ketones is 3. The van der Waals surface area contributed by atoms with Gasteiger partial charge in [-0.2, -0.15) is 0 Å². The van der Waals surface area contributed by atoms with E-state index in [2.05, 4.69) is 0 Å². The molecule has 0 saturated carbocycles. The molecule has 0 aromatic carbocycles. The van der Waals surface area contributed by atoms with Crippen molar-refractivity contribution in [2.75, 3.05) is 39.3 Å².